The van der Waals surface area contributed by atoms with Gasteiger partial charge >= 0.3 is 0 Å². The van der Waals surface area contributed by atoms with Gasteiger partial charge in [-0.05, 0) is 52.5 Å². The van der Waals surface area contributed by atoms with Gasteiger partial charge in [0.1, 0.15) is 5.82 Å². The van der Waals surface area contributed by atoms with Gasteiger partial charge in [0.05, 0.1) is 28.5 Å². The van der Waals surface area contributed by atoms with Crippen molar-refractivity contribution in [3.63, 3.8) is 0 Å². The number of likely N-dealkylation sites (tertiary alicyclic amines) is 1. The second-order valence-electron chi connectivity index (χ2n) is 11.6. The fraction of sp³-hybridized carbons (Fsp3) is 0.571. The molecule has 1 unspecified atom stereocenters. The molecule has 3 aliphatic rings. The van der Waals surface area contributed by atoms with E-state index in [0.29, 0.717) is 37.0 Å². The number of halogens is 3. The first-order valence-electron chi connectivity index (χ1n) is 13.2. The maximum Gasteiger partial charge on any atom is 0.266 e. The summed E-state index contributed by atoms with van der Waals surface area (Å²) in [6.07, 6.45) is -0.132. The van der Waals surface area contributed by atoms with Gasteiger partial charge in [0.25, 0.3) is 17.9 Å². The van der Waals surface area contributed by atoms with Crippen LogP contribution in [0.4, 0.5) is 18.9 Å². The zero-order chi connectivity index (χ0) is 27.4. The van der Waals surface area contributed by atoms with Crippen LogP contribution in [0.5, 0.6) is 0 Å². The average Bonchev–Trinajstić information content (AvgIpc) is 3.27. The number of pyridine rings is 1. The summed E-state index contributed by atoms with van der Waals surface area (Å²) >= 11 is 0. The molecule has 2 aromatic rings. The minimum atomic E-state index is -2.96. The molecule has 0 radical (unpaired) electrons. The highest BCUT2D eigenvalue weighted by molar-refractivity contribution is 5.99. The number of alkyl halides is 2. The number of amides is 1. The van der Waals surface area contributed by atoms with Gasteiger partial charge in [0.15, 0.2) is 0 Å². The van der Waals surface area contributed by atoms with Gasteiger partial charge in [0, 0.05) is 49.6 Å². The maximum absolute atomic E-state index is 14.8. The highest BCUT2D eigenvalue weighted by atomic mass is 19.3. The molecular weight excluding hydrogens is 497 g/mol. The number of fused-ring (bicyclic) bond motifs is 1. The summed E-state index contributed by atoms with van der Waals surface area (Å²) in [5.74, 6) is -0.623. The Morgan fingerprint density at radius 2 is 1.87 bits per heavy atom. The predicted molar refractivity (Wildman–Crippen MR) is 138 cm³/mol. The van der Waals surface area contributed by atoms with Crippen molar-refractivity contribution < 1.29 is 22.7 Å². The summed E-state index contributed by atoms with van der Waals surface area (Å²) in [5, 5.41) is 6.19. The Hall–Kier alpha value is -2.85. The first-order chi connectivity index (χ1) is 17.9. The number of anilines is 1. The SMILES string of the molecule is C[C@@H](NC(=O)c1cn([C@@H]2CCOC(C)(C)C2)c(=O)cc1NC1[C@H]2CN(C)C[C@@H]12)c1cccc(C(F)F)c1F. The molecule has 1 amide bonds. The molecule has 38 heavy (non-hydrogen) atoms. The van der Waals surface area contributed by atoms with Crippen molar-refractivity contribution in [1.82, 2.24) is 14.8 Å². The minimum absolute atomic E-state index is 0.0232. The third-order valence-electron chi connectivity index (χ3n) is 8.20. The van der Waals surface area contributed by atoms with E-state index >= 15 is 0 Å². The number of ether oxygens (including phenoxy) is 1. The number of hydrogen-bond acceptors (Lipinski definition) is 5. The lowest BCUT2D eigenvalue weighted by Crippen LogP contribution is -2.39. The predicted octanol–water partition coefficient (Wildman–Crippen LogP) is 4.52. The molecule has 2 saturated heterocycles. The van der Waals surface area contributed by atoms with Crippen molar-refractivity contribution in [3.8, 4) is 0 Å². The molecular formula is C28H35F3N4O3. The van der Waals surface area contributed by atoms with Crippen LogP contribution in [0.1, 0.15) is 73.6 Å². The lowest BCUT2D eigenvalue weighted by molar-refractivity contribution is -0.0695. The Labute approximate surface area is 220 Å². The van der Waals surface area contributed by atoms with E-state index in [1.165, 1.54) is 18.2 Å². The first-order valence-corrected chi connectivity index (χ1v) is 13.2. The minimum Gasteiger partial charge on any atom is -0.381 e. The summed E-state index contributed by atoms with van der Waals surface area (Å²) < 4.78 is 48.6. The third-order valence-corrected chi connectivity index (χ3v) is 8.20. The monoisotopic (exact) mass is 532 g/mol. The van der Waals surface area contributed by atoms with Crippen LogP contribution >= 0.6 is 0 Å². The quantitative estimate of drug-likeness (QED) is 0.549. The van der Waals surface area contributed by atoms with Crippen molar-refractivity contribution in [2.24, 2.45) is 11.8 Å². The number of rotatable bonds is 7. The Bertz CT molecular complexity index is 1270. The fourth-order valence-corrected chi connectivity index (χ4v) is 6.13. The van der Waals surface area contributed by atoms with Gasteiger partial charge in [-0.1, -0.05) is 18.2 Å². The van der Waals surface area contributed by atoms with E-state index in [9.17, 15) is 22.8 Å². The van der Waals surface area contributed by atoms with Crippen molar-refractivity contribution in [2.45, 2.75) is 63.8 Å². The van der Waals surface area contributed by atoms with E-state index in [4.69, 9.17) is 4.74 Å². The molecule has 10 heteroatoms. The van der Waals surface area contributed by atoms with Gasteiger partial charge in [-0.2, -0.15) is 0 Å². The molecule has 3 fully saturated rings. The van der Waals surface area contributed by atoms with Gasteiger partial charge in [0.2, 0.25) is 0 Å². The smallest absolute Gasteiger partial charge is 0.266 e. The number of benzene rings is 1. The molecule has 5 atom stereocenters. The molecule has 206 valence electrons. The van der Waals surface area contributed by atoms with E-state index in [1.54, 1.807) is 17.7 Å². The Balaban J connectivity index is 1.44. The van der Waals surface area contributed by atoms with Gasteiger partial charge in [-0.3, -0.25) is 9.59 Å². The number of aromatic nitrogens is 1. The van der Waals surface area contributed by atoms with Crippen LogP contribution in [-0.2, 0) is 4.74 Å². The lowest BCUT2D eigenvalue weighted by atomic mass is 9.93. The van der Waals surface area contributed by atoms with Crippen LogP contribution < -0.4 is 16.2 Å². The normalized spacial score (nSPS) is 27.2. The van der Waals surface area contributed by atoms with Crippen LogP contribution in [0, 0.1) is 17.7 Å². The number of piperidine rings is 1. The Morgan fingerprint density at radius 1 is 1.18 bits per heavy atom. The van der Waals surface area contributed by atoms with E-state index in [2.05, 4.69) is 22.6 Å². The summed E-state index contributed by atoms with van der Waals surface area (Å²) in [4.78, 5) is 29.1. The summed E-state index contributed by atoms with van der Waals surface area (Å²) in [7, 11) is 2.07. The first kappa shape index (κ1) is 26.7. The van der Waals surface area contributed by atoms with E-state index in [0.717, 1.165) is 19.2 Å². The molecule has 2 aliphatic heterocycles. The zero-order valence-electron chi connectivity index (χ0n) is 22.1. The molecule has 1 saturated carbocycles. The van der Waals surface area contributed by atoms with Crippen LogP contribution in [0.25, 0.3) is 0 Å². The number of nitrogens with zero attached hydrogens (tertiary/aromatic N) is 2. The third kappa shape index (κ3) is 5.20. The standard InChI is InChI=1S/C28H35F3N4O3/c1-15(17-6-5-7-18(24(17)29)26(30)31)32-27(37)21-14-35(16-8-9-38-28(2,3)11-16)23(36)10-22(21)33-25-19-12-34(4)13-20(19)25/h5-7,10,14-16,19-20,25-26,33H,8-9,11-13H2,1-4H3,(H,32,37)/t15-,16-,19-,20+,25?/m1/s1. The summed E-state index contributed by atoms with van der Waals surface area (Å²) in [5.41, 5.74) is -0.633. The Kier molecular flexibility index (Phi) is 7.06. The number of nitrogens with one attached hydrogen (secondary N) is 2. The summed E-state index contributed by atoms with van der Waals surface area (Å²) in [6, 6.07) is 4.41. The zero-order valence-corrected chi connectivity index (χ0v) is 22.1. The second-order valence-corrected chi connectivity index (χ2v) is 11.6. The molecule has 7 nitrogen and oxygen atoms in total. The molecule has 3 heterocycles. The van der Waals surface area contributed by atoms with E-state index in [1.807, 2.05) is 13.8 Å². The topological polar surface area (TPSA) is 75.6 Å². The largest absolute Gasteiger partial charge is 0.381 e. The van der Waals surface area contributed by atoms with E-state index in [-0.39, 0.29) is 28.8 Å². The molecule has 0 spiro atoms. The highest BCUT2D eigenvalue weighted by Crippen LogP contribution is 2.47. The molecule has 2 N–H and O–H groups in total. The van der Waals surface area contributed by atoms with Gasteiger partial charge < -0.3 is 24.8 Å². The molecule has 0 bridgehead atoms. The molecule has 5 rings (SSSR count). The van der Waals surface area contributed by atoms with Crippen LogP contribution in [0.3, 0.4) is 0 Å². The van der Waals surface area contributed by atoms with E-state index < -0.39 is 35.4 Å². The number of carbonyl (C=O) groups is 1. The van der Waals surface area contributed by atoms with Crippen molar-refractivity contribution >= 4 is 11.6 Å². The Morgan fingerprint density at radius 3 is 2.53 bits per heavy atom. The fourth-order valence-electron chi connectivity index (χ4n) is 6.13. The van der Waals surface area contributed by atoms with Gasteiger partial charge in [-0.15, -0.1) is 0 Å². The molecule has 1 aromatic heterocycles. The van der Waals surface area contributed by atoms with Gasteiger partial charge in [-0.25, -0.2) is 13.2 Å². The maximum atomic E-state index is 14.8. The average molecular weight is 533 g/mol. The second kappa shape index (κ2) is 10.0. The van der Waals surface area contributed by atoms with Crippen molar-refractivity contribution in [1.29, 1.82) is 0 Å². The number of carbonyl (C=O) groups excluding carboxylic acids is 1. The van der Waals surface area contributed by atoms with Crippen LogP contribution in [0.15, 0.2) is 35.3 Å². The lowest BCUT2D eigenvalue weighted by Gasteiger charge is -2.36. The van der Waals surface area contributed by atoms with Crippen LogP contribution in [-0.4, -0.2) is 53.8 Å². The molecule has 1 aliphatic carbocycles. The van der Waals surface area contributed by atoms with Crippen molar-refractivity contribution in [3.05, 3.63) is 63.3 Å². The highest BCUT2D eigenvalue weighted by Gasteiger charge is 2.55. The van der Waals surface area contributed by atoms with Crippen LogP contribution in [0.2, 0.25) is 0 Å². The summed E-state index contributed by atoms with van der Waals surface area (Å²) in [6.45, 7) is 7.91. The van der Waals surface area contributed by atoms with Crippen molar-refractivity contribution in [2.75, 3.05) is 32.1 Å². The number of hydrogen-bond donors (Lipinski definition) is 2. The molecule has 1 aromatic carbocycles.